The van der Waals surface area contributed by atoms with Gasteiger partial charge in [-0.1, -0.05) is 5.16 Å². The number of carbonyl (C=O) groups is 3. The molecule has 3 aliphatic heterocycles. The van der Waals surface area contributed by atoms with E-state index in [0.717, 1.165) is 17.8 Å². The van der Waals surface area contributed by atoms with Crippen LogP contribution in [0.1, 0.15) is 12.1 Å². The second kappa shape index (κ2) is 11.1. The number of oxime groups is 1. The smallest absolute Gasteiger partial charge is 0.549 e. The van der Waals surface area contributed by atoms with Crippen LogP contribution in [-0.2, 0) is 24.0 Å². The molecule has 4 heterocycles. The number of thiazole rings is 1. The molecule has 0 spiro atoms. The first kappa shape index (κ1) is 26.6. The third-order valence-corrected chi connectivity index (χ3v) is 9.51. The first-order valence-electron chi connectivity index (χ1n) is 9.83. The number of aliphatic carboxylic acids is 1. The fraction of sp³-hybridized carbons (Fsp3) is 0.611. The number of carboxylic acid groups (broad SMARTS) is 1. The van der Waals surface area contributed by atoms with Crippen molar-refractivity contribution in [1.29, 1.82) is 0 Å². The second-order valence-corrected chi connectivity index (χ2v) is 11.0. The van der Waals surface area contributed by atoms with Crippen molar-refractivity contribution in [2.45, 2.75) is 22.6 Å². The predicted octanol–water partition coefficient (Wildman–Crippen LogP) is -4.26. The molecule has 1 aromatic rings. The first-order chi connectivity index (χ1) is 15.3. The summed E-state index contributed by atoms with van der Waals surface area (Å²) in [5.74, 6) is -0.936. The van der Waals surface area contributed by atoms with Gasteiger partial charge in [0.1, 0.15) is 24.2 Å². The van der Waals surface area contributed by atoms with Crippen LogP contribution in [0.4, 0.5) is 5.13 Å². The number of carboxylic acids is 1. The number of nitrogens with zero attached hydrogens (tertiary/aromatic N) is 3. The SMILES string of the molecule is CON=C(C(=O)NC1C(=O)N2CC(SCC3CCOC3)(C(=O)[O-])CS[C@H]12)c1csc(N)n1.[Na+]. The van der Waals surface area contributed by atoms with E-state index in [9.17, 15) is 19.5 Å². The molecule has 4 rings (SSSR count). The zero-order valence-corrected chi connectivity index (χ0v) is 22.6. The van der Waals surface area contributed by atoms with E-state index in [1.54, 1.807) is 5.38 Å². The summed E-state index contributed by atoms with van der Waals surface area (Å²) in [6, 6.07) is -0.793. The summed E-state index contributed by atoms with van der Waals surface area (Å²) < 4.78 is 4.18. The monoisotopic (exact) mass is 523 g/mol. The van der Waals surface area contributed by atoms with E-state index in [4.69, 9.17) is 15.3 Å². The van der Waals surface area contributed by atoms with E-state index < -0.39 is 22.7 Å². The molecule has 0 bridgehead atoms. The molecule has 4 atom stereocenters. The number of aromatic nitrogens is 1. The second-order valence-electron chi connectivity index (χ2n) is 7.63. The summed E-state index contributed by atoms with van der Waals surface area (Å²) in [6.45, 7) is 1.35. The maximum absolute atomic E-state index is 12.8. The summed E-state index contributed by atoms with van der Waals surface area (Å²) in [5, 5.41) is 19.9. The molecule has 0 radical (unpaired) electrons. The molecule has 174 valence electrons. The molecule has 0 saturated carbocycles. The largest absolute Gasteiger partial charge is 1.00 e. The van der Waals surface area contributed by atoms with Gasteiger partial charge in [0.2, 0.25) is 5.91 Å². The molecule has 0 aliphatic carbocycles. The number of nitrogen functional groups attached to an aromatic ring is 1. The van der Waals surface area contributed by atoms with E-state index in [0.29, 0.717) is 24.9 Å². The molecule has 3 N–H and O–H groups in total. The van der Waals surface area contributed by atoms with Crippen molar-refractivity contribution in [2.75, 3.05) is 44.1 Å². The fourth-order valence-electron chi connectivity index (χ4n) is 3.72. The van der Waals surface area contributed by atoms with Crippen molar-refractivity contribution in [2.24, 2.45) is 11.1 Å². The Bertz CT molecular complexity index is 942. The first-order valence-corrected chi connectivity index (χ1v) is 12.7. The molecule has 1 aromatic heterocycles. The van der Waals surface area contributed by atoms with Gasteiger partial charge in [0, 0.05) is 24.3 Å². The molecule has 11 nitrogen and oxygen atoms in total. The zero-order valence-electron chi connectivity index (χ0n) is 18.1. The summed E-state index contributed by atoms with van der Waals surface area (Å²) >= 11 is 3.79. The molecule has 3 saturated heterocycles. The summed E-state index contributed by atoms with van der Waals surface area (Å²) in [7, 11) is 1.30. The topological polar surface area (TPSA) is 159 Å². The third-order valence-electron chi connectivity index (χ3n) is 5.49. The van der Waals surface area contributed by atoms with E-state index in [1.807, 2.05) is 0 Å². The maximum atomic E-state index is 12.8. The van der Waals surface area contributed by atoms with Crippen LogP contribution in [-0.4, -0.2) is 87.9 Å². The van der Waals surface area contributed by atoms with Gasteiger partial charge in [-0.25, -0.2) is 4.98 Å². The zero-order chi connectivity index (χ0) is 22.9. The number of hydrogen-bond acceptors (Lipinski definition) is 12. The number of thioether (sulfide) groups is 2. The van der Waals surface area contributed by atoms with Crippen LogP contribution < -0.4 is 45.7 Å². The molecular formula is C18H22N5NaO6S3. The van der Waals surface area contributed by atoms with Gasteiger partial charge in [-0.05, 0) is 18.1 Å². The average Bonchev–Trinajstić information content (AvgIpc) is 3.45. The van der Waals surface area contributed by atoms with Gasteiger partial charge in [-0.3, -0.25) is 9.59 Å². The van der Waals surface area contributed by atoms with Crippen LogP contribution in [0, 0.1) is 5.92 Å². The molecule has 3 aliphatic rings. The summed E-state index contributed by atoms with van der Waals surface area (Å²) in [6.07, 6.45) is 0.901. The van der Waals surface area contributed by atoms with Crippen LogP contribution in [0.3, 0.4) is 0 Å². The maximum Gasteiger partial charge on any atom is 1.00 e. The number of nitrogens with two attached hydrogens (primary N) is 1. The Balaban J connectivity index is 0.00000306. The number of nitrogens with one attached hydrogen (secondary N) is 1. The van der Waals surface area contributed by atoms with Crippen LogP contribution in [0.25, 0.3) is 0 Å². The molecule has 3 unspecified atom stereocenters. The van der Waals surface area contributed by atoms with Gasteiger partial charge in [-0.15, -0.1) is 34.9 Å². The Hall–Kier alpha value is -1.03. The number of amides is 2. The fourth-order valence-corrected chi connectivity index (χ4v) is 7.35. The van der Waals surface area contributed by atoms with E-state index in [-0.39, 0.29) is 69.7 Å². The molecule has 33 heavy (non-hydrogen) atoms. The van der Waals surface area contributed by atoms with Gasteiger partial charge < -0.3 is 35.4 Å². The van der Waals surface area contributed by atoms with Crippen LogP contribution in [0.5, 0.6) is 0 Å². The molecule has 0 aromatic carbocycles. The molecule has 15 heteroatoms. The Morgan fingerprint density at radius 3 is 2.94 bits per heavy atom. The normalized spacial score (nSPS) is 29.0. The molecule has 2 amide bonds. The van der Waals surface area contributed by atoms with Crippen molar-refractivity contribution >= 4 is 63.5 Å². The van der Waals surface area contributed by atoms with E-state index in [2.05, 4.69) is 15.5 Å². The number of fused-ring (bicyclic) bond motifs is 1. The Morgan fingerprint density at radius 1 is 1.55 bits per heavy atom. The minimum absolute atomic E-state index is 0. The Kier molecular flexibility index (Phi) is 8.97. The number of ether oxygens (including phenoxy) is 1. The van der Waals surface area contributed by atoms with Crippen LogP contribution >= 0.6 is 34.9 Å². The number of rotatable bonds is 8. The molecular weight excluding hydrogens is 501 g/mol. The van der Waals surface area contributed by atoms with Crippen molar-refractivity contribution in [3.8, 4) is 0 Å². The minimum atomic E-state index is -1.19. The van der Waals surface area contributed by atoms with Crippen molar-refractivity contribution in [3.63, 3.8) is 0 Å². The van der Waals surface area contributed by atoms with Gasteiger partial charge in [0.05, 0.1) is 17.3 Å². The van der Waals surface area contributed by atoms with Gasteiger partial charge in [0.15, 0.2) is 10.8 Å². The number of anilines is 1. The van der Waals surface area contributed by atoms with Crippen molar-refractivity contribution < 1.29 is 58.6 Å². The van der Waals surface area contributed by atoms with E-state index >= 15 is 0 Å². The van der Waals surface area contributed by atoms with Gasteiger partial charge >= 0.3 is 29.6 Å². The number of hydrogen-bond donors (Lipinski definition) is 2. The van der Waals surface area contributed by atoms with Crippen LogP contribution in [0.2, 0.25) is 0 Å². The summed E-state index contributed by atoms with van der Waals surface area (Å²) in [5.41, 5.74) is 5.78. The third kappa shape index (κ3) is 5.46. The van der Waals surface area contributed by atoms with Gasteiger partial charge in [-0.2, -0.15) is 0 Å². The average molecular weight is 524 g/mol. The number of β-lactam (4-membered cyclic amide) rings is 1. The summed E-state index contributed by atoms with van der Waals surface area (Å²) in [4.78, 5) is 47.8. The van der Waals surface area contributed by atoms with E-state index in [1.165, 1.54) is 35.5 Å². The Morgan fingerprint density at radius 2 is 2.33 bits per heavy atom. The Labute approximate surface area is 224 Å². The predicted molar refractivity (Wildman–Crippen MR) is 119 cm³/mol. The van der Waals surface area contributed by atoms with Crippen molar-refractivity contribution in [1.82, 2.24) is 15.2 Å². The van der Waals surface area contributed by atoms with Crippen molar-refractivity contribution in [3.05, 3.63) is 11.1 Å². The number of carbonyl (C=O) groups excluding carboxylic acids is 3. The molecule has 3 fully saturated rings. The van der Waals surface area contributed by atoms with Crippen LogP contribution in [0.15, 0.2) is 10.5 Å². The minimum Gasteiger partial charge on any atom is -0.549 e. The standard InChI is InChI=1S/C18H23N5O6S3.Na/c1-28-22-11(10-6-30-17(19)20-10)13(24)21-12-14(25)23-7-18(16(26)27,8-31-15(12)23)32-5-9-2-3-29-4-9;/h6,9,12,15H,2-5,7-8H2,1H3,(H2,19,20)(H,21,24)(H,26,27);/q;+1/p-1/t9?,12?,15-,18?;/m1./s1. The van der Waals surface area contributed by atoms with Gasteiger partial charge in [0.25, 0.3) is 5.91 Å². The quantitative estimate of drug-likeness (QED) is 0.148.